The maximum Gasteiger partial charge on any atom is 0.262 e. The third kappa shape index (κ3) is 4.09. The SMILES string of the molecule is Nc1ccc(OCC(=O)Nc2ccc(F)cc2I)cc1. The second-order valence-electron chi connectivity index (χ2n) is 4.03. The van der Waals surface area contributed by atoms with E-state index in [0.29, 0.717) is 20.7 Å². The maximum absolute atomic E-state index is 12.9. The van der Waals surface area contributed by atoms with Gasteiger partial charge in [-0.3, -0.25) is 4.79 Å². The van der Waals surface area contributed by atoms with E-state index in [2.05, 4.69) is 5.32 Å². The highest BCUT2D eigenvalue weighted by Gasteiger charge is 2.07. The number of hydrogen-bond donors (Lipinski definition) is 2. The number of halogens is 2. The van der Waals surface area contributed by atoms with E-state index >= 15 is 0 Å². The maximum atomic E-state index is 12.9. The van der Waals surface area contributed by atoms with E-state index in [4.69, 9.17) is 10.5 Å². The number of anilines is 2. The molecular formula is C14H12FIN2O2. The van der Waals surface area contributed by atoms with Gasteiger partial charge in [-0.1, -0.05) is 0 Å². The Balaban J connectivity index is 1.90. The summed E-state index contributed by atoms with van der Waals surface area (Å²) in [6.07, 6.45) is 0. The molecule has 0 spiro atoms. The number of nitrogens with two attached hydrogens (primary N) is 1. The van der Waals surface area contributed by atoms with Gasteiger partial charge in [0.15, 0.2) is 6.61 Å². The lowest BCUT2D eigenvalue weighted by atomic mass is 10.3. The molecule has 0 bridgehead atoms. The fourth-order valence-electron chi connectivity index (χ4n) is 1.49. The van der Waals surface area contributed by atoms with Crippen LogP contribution in [0, 0.1) is 9.39 Å². The van der Waals surface area contributed by atoms with Crippen LogP contribution in [0.25, 0.3) is 0 Å². The third-order valence-electron chi connectivity index (χ3n) is 2.46. The van der Waals surface area contributed by atoms with Crippen LogP contribution >= 0.6 is 22.6 Å². The molecule has 2 aromatic rings. The van der Waals surface area contributed by atoms with Gasteiger partial charge in [-0.2, -0.15) is 0 Å². The van der Waals surface area contributed by atoms with E-state index in [9.17, 15) is 9.18 Å². The van der Waals surface area contributed by atoms with Gasteiger partial charge in [0.25, 0.3) is 5.91 Å². The zero-order valence-corrected chi connectivity index (χ0v) is 12.6. The molecule has 2 rings (SSSR count). The Morgan fingerprint density at radius 2 is 1.95 bits per heavy atom. The Bertz CT molecular complexity index is 617. The normalized spacial score (nSPS) is 10.1. The van der Waals surface area contributed by atoms with Gasteiger partial charge < -0.3 is 15.8 Å². The van der Waals surface area contributed by atoms with Crippen LogP contribution in [0.3, 0.4) is 0 Å². The molecule has 0 aromatic heterocycles. The van der Waals surface area contributed by atoms with Gasteiger partial charge in [0.05, 0.1) is 5.69 Å². The van der Waals surface area contributed by atoms with E-state index in [1.165, 1.54) is 18.2 Å². The van der Waals surface area contributed by atoms with Gasteiger partial charge in [-0.15, -0.1) is 0 Å². The molecule has 0 aliphatic rings. The van der Waals surface area contributed by atoms with Gasteiger partial charge in [0.1, 0.15) is 11.6 Å². The van der Waals surface area contributed by atoms with Crippen LogP contribution in [0.5, 0.6) is 5.75 Å². The van der Waals surface area contributed by atoms with Gasteiger partial charge in [-0.25, -0.2) is 4.39 Å². The molecule has 0 saturated heterocycles. The van der Waals surface area contributed by atoms with Crippen LogP contribution < -0.4 is 15.8 Å². The molecule has 0 saturated carbocycles. The van der Waals surface area contributed by atoms with E-state index in [1.54, 1.807) is 24.3 Å². The Labute approximate surface area is 129 Å². The first kappa shape index (κ1) is 14.6. The molecule has 1 amide bonds. The number of nitrogen functional groups attached to an aromatic ring is 1. The summed E-state index contributed by atoms with van der Waals surface area (Å²) in [6, 6.07) is 10.9. The Kier molecular flexibility index (Phi) is 4.78. The minimum absolute atomic E-state index is 0.128. The highest BCUT2D eigenvalue weighted by Crippen LogP contribution is 2.19. The number of hydrogen-bond acceptors (Lipinski definition) is 3. The molecular weight excluding hydrogens is 374 g/mol. The van der Waals surface area contributed by atoms with Crippen LogP contribution in [0.1, 0.15) is 0 Å². The Hall–Kier alpha value is -1.83. The smallest absolute Gasteiger partial charge is 0.262 e. The molecule has 6 heteroatoms. The van der Waals surface area contributed by atoms with E-state index < -0.39 is 0 Å². The number of benzene rings is 2. The number of carbonyl (C=O) groups is 1. The fraction of sp³-hybridized carbons (Fsp3) is 0.0714. The van der Waals surface area contributed by atoms with Crippen molar-refractivity contribution >= 4 is 39.9 Å². The molecule has 0 fully saturated rings. The van der Waals surface area contributed by atoms with Crippen molar-refractivity contribution in [3.05, 3.63) is 51.9 Å². The van der Waals surface area contributed by atoms with Crippen molar-refractivity contribution in [1.29, 1.82) is 0 Å². The number of rotatable bonds is 4. The number of carbonyl (C=O) groups excluding carboxylic acids is 1. The summed E-state index contributed by atoms with van der Waals surface area (Å²) in [7, 11) is 0. The predicted molar refractivity (Wildman–Crippen MR) is 84.1 cm³/mol. The van der Waals surface area contributed by atoms with Crippen molar-refractivity contribution < 1.29 is 13.9 Å². The molecule has 0 aliphatic carbocycles. The van der Waals surface area contributed by atoms with Crippen LogP contribution in [-0.2, 0) is 4.79 Å². The van der Waals surface area contributed by atoms with Crippen molar-refractivity contribution in [3.63, 3.8) is 0 Å². The standard InChI is InChI=1S/C14H12FIN2O2/c15-9-1-6-13(12(16)7-9)18-14(19)8-20-11-4-2-10(17)3-5-11/h1-7H,8,17H2,(H,18,19). The summed E-state index contributed by atoms with van der Waals surface area (Å²) >= 11 is 1.95. The summed E-state index contributed by atoms with van der Waals surface area (Å²) in [5.74, 6) is -0.0972. The molecule has 0 atom stereocenters. The lowest BCUT2D eigenvalue weighted by Gasteiger charge is -2.09. The topological polar surface area (TPSA) is 64.3 Å². The van der Waals surface area contributed by atoms with Crippen LogP contribution in [0.4, 0.5) is 15.8 Å². The molecule has 0 radical (unpaired) electrons. The number of amides is 1. The summed E-state index contributed by atoms with van der Waals surface area (Å²) < 4.78 is 18.9. The monoisotopic (exact) mass is 386 g/mol. The first-order chi connectivity index (χ1) is 9.54. The lowest BCUT2D eigenvalue weighted by Crippen LogP contribution is -2.20. The van der Waals surface area contributed by atoms with E-state index in [0.717, 1.165) is 0 Å². The van der Waals surface area contributed by atoms with Crippen LogP contribution in [0.15, 0.2) is 42.5 Å². The molecule has 4 nitrogen and oxygen atoms in total. The fourth-order valence-corrected chi connectivity index (χ4v) is 2.10. The van der Waals surface area contributed by atoms with E-state index in [-0.39, 0.29) is 18.3 Å². The Morgan fingerprint density at radius 1 is 1.25 bits per heavy atom. The van der Waals surface area contributed by atoms with Gasteiger partial charge in [-0.05, 0) is 65.1 Å². The molecule has 2 aromatic carbocycles. The quantitative estimate of drug-likeness (QED) is 0.627. The summed E-state index contributed by atoms with van der Waals surface area (Å²) in [5, 5.41) is 2.66. The third-order valence-corrected chi connectivity index (χ3v) is 3.35. The molecule has 0 heterocycles. The summed E-state index contributed by atoms with van der Waals surface area (Å²) in [6.45, 7) is -0.128. The predicted octanol–water partition coefficient (Wildman–Crippen LogP) is 3.03. The second kappa shape index (κ2) is 6.56. The van der Waals surface area contributed by atoms with Crippen molar-refractivity contribution in [2.45, 2.75) is 0 Å². The molecule has 3 N–H and O–H groups in total. The number of ether oxygens (including phenoxy) is 1. The molecule has 0 aliphatic heterocycles. The van der Waals surface area contributed by atoms with Crippen LogP contribution in [-0.4, -0.2) is 12.5 Å². The Morgan fingerprint density at radius 3 is 2.60 bits per heavy atom. The van der Waals surface area contributed by atoms with Crippen molar-refractivity contribution in [2.24, 2.45) is 0 Å². The lowest BCUT2D eigenvalue weighted by molar-refractivity contribution is -0.118. The molecule has 20 heavy (non-hydrogen) atoms. The first-order valence-corrected chi connectivity index (χ1v) is 6.86. The van der Waals surface area contributed by atoms with E-state index in [1.807, 2.05) is 22.6 Å². The first-order valence-electron chi connectivity index (χ1n) is 5.78. The average Bonchev–Trinajstić information content (AvgIpc) is 2.41. The summed E-state index contributed by atoms with van der Waals surface area (Å²) in [5.41, 5.74) is 6.73. The zero-order chi connectivity index (χ0) is 14.5. The van der Waals surface area contributed by atoms with Gasteiger partial charge >= 0.3 is 0 Å². The van der Waals surface area contributed by atoms with Crippen molar-refractivity contribution in [1.82, 2.24) is 0 Å². The van der Waals surface area contributed by atoms with Crippen molar-refractivity contribution in [3.8, 4) is 5.75 Å². The number of nitrogens with one attached hydrogen (secondary N) is 1. The second-order valence-corrected chi connectivity index (χ2v) is 5.19. The largest absolute Gasteiger partial charge is 0.484 e. The molecule has 0 unspecified atom stereocenters. The van der Waals surface area contributed by atoms with Crippen molar-refractivity contribution in [2.75, 3.05) is 17.7 Å². The minimum Gasteiger partial charge on any atom is -0.484 e. The van der Waals surface area contributed by atoms with Crippen LogP contribution in [0.2, 0.25) is 0 Å². The average molecular weight is 386 g/mol. The highest BCUT2D eigenvalue weighted by molar-refractivity contribution is 14.1. The van der Waals surface area contributed by atoms with Gasteiger partial charge in [0, 0.05) is 9.26 Å². The summed E-state index contributed by atoms with van der Waals surface area (Å²) in [4.78, 5) is 11.7. The zero-order valence-electron chi connectivity index (χ0n) is 10.4. The molecule has 104 valence electrons. The highest BCUT2D eigenvalue weighted by atomic mass is 127. The minimum atomic E-state index is -0.342. The van der Waals surface area contributed by atoms with Gasteiger partial charge in [0.2, 0.25) is 0 Å².